The van der Waals surface area contributed by atoms with Crippen LogP contribution in [-0.2, 0) is 4.74 Å². The first-order valence-corrected chi connectivity index (χ1v) is 9.33. The molecule has 3 fully saturated rings. The molecule has 3 aliphatic rings. The Hall–Kier alpha value is -0.770. The predicted octanol–water partition coefficient (Wildman–Crippen LogP) is 2.75. The highest BCUT2D eigenvalue weighted by molar-refractivity contribution is 5.79. The van der Waals surface area contributed by atoms with Crippen LogP contribution in [0.3, 0.4) is 0 Å². The van der Waals surface area contributed by atoms with Crippen molar-refractivity contribution in [2.45, 2.75) is 45.4 Å². The highest BCUT2D eigenvalue weighted by Crippen LogP contribution is 2.49. The first-order chi connectivity index (χ1) is 10.8. The van der Waals surface area contributed by atoms with E-state index in [1.807, 2.05) is 0 Å². The van der Waals surface area contributed by atoms with Gasteiger partial charge in [0.2, 0.25) is 0 Å². The summed E-state index contributed by atoms with van der Waals surface area (Å²) in [5, 5.41) is 3.45. The first kappa shape index (κ1) is 16.1. The summed E-state index contributed by atoms with van der Waals surface area (Å²) in [4.78, 5) is 7.19. The molecule has 22 heavy (non-hydrogen) atoms. The van der Waals surface area contributed by atoms with Crippen LogP contribution in [0.1, 0.15) is 45.4 Å². The van der Waals surface area contributed by atoms with Gasteiger partial charge in [0.15, 0.2) is 5.96 Å². The van der Waals surface area contributed by atoms with Crippen molar-refractivity contribution < 1.29 is 4.74 Å². The fraction of sp³-hybridized carbons (Fsp3) is 0.944. The van der Waals surface area contributed by atoms with Crippen molar-refractivity contribution in [2.24, 2.45) is 28.7 Å². The summed E-state index contributed by atoms with van der Waals surface area (Å²) >= 11 is 0. The Labute approximate surface area is 135 Å². The molecule has 0 aromatic rings. The van der Waals surface area contributed by atoms with E-state index in [0.717, 1.165) is 56.6 Å². The highest BCUT2D eigenvalue weighted by atomic mass is 16.5. The third-order valence-electron chi connectivity index (χ3n) is 5.90. The molecular weight excluding hydrogens is 274 g/mol. The molecule has 2 aliphatic carbocycles. The van der Waals surface area contributed by atoms with Gasteiger partial charge in [0.25, 0.3) is 0 Å². The number of rotatable bonds is 6. The SMILES string of the molecule is CCNC(=NCCC1CC2CCC1C2)N(C)CC1CCOC1. The topological polar surface area (TPSA) is 36.9 Å². The summed E-state index contributed by atoms with van der Waals surface area (Å²) in [7, 11) is 2.16. The number of guanidine groups is 1. The van der Waals surface area contributed by atoms with Crippen LogP contribution in [0.2, 0.25) is 0 Å². The molecule has 1 N–H and O–H groups in total. The minimum Gasteiger partial charge on any atom is -0.381 e. The van der Waals surface area contributed by atoms with E-state index < -0.39 is 0 Å². The Balaban J connectivity index is 1.46. The number of hydrogen-bond acceptors (Lipinski definition) is 2. The molecule has 4 atom stereocenters. The van der Waals surface area contributed by atoms with Crippen molar-refractivity contribution >= 4 is 5.96 Å². The standard InChI is InChI=1S/C18H33N3O/c1-3-19-18(21(2)12-15-7-9-22-13-15)20-8-6-17-11-14-4-5-16(17)10-14/h14-17H,3-13H2,1-2H3,(H,19,20). The van der Waals surface area contributed by atoms with Gasteiger partial charge in [0.1, 0.15) is 0 Å². The Morgan fingerprint density at radius 1 is 1.27 bits per heavy atom. The fourth-order valence-corrected chi connectivity index (χ4v) is 4.74. The van der Waals surface area contributed by atoms with Gasteiger partial charge in [-0.05, 0) is 56.8 Å². The van der Waals surface area contributed by atoms with Crippen molar-refractivity contribution in [1.29, 1.82) is 0 Å². The maximum atomic E-state index is 5.49. The van der Waals surface area contributed by atoms with Gasteiger partial charge < -0.3 is 15.0 Å². The van der Waals surface area contributed by atoms with E-state index in [1.54, 1.807) is 0 Å². The van der Waals surface area contributed by atoms with Crippen molar-refractivity contribution in [1.82, 2.24) is 10.2 Å². The number of nitrogens with zero attached hydrogens (tertiary/aromatic N) is 2. The Kier molecular flexibility index (Phi) is 5.61. The molecule has 4 heteroatoms. The van der Waals surface area contributed by atoms with Gasteiger partial charge in [-0.3, -0.25) is 4.99 Å². The summed E-state index contributed by atoms with van der Waals surface area (Å²) < 4.78 is 5.49. The molecule has 1 saturated heterocycles. The molecule has 0 radical (unpaired) electrons. The summed E-state index contributed by atoms with van der Waals surface area (Å²) in [6, 6.07) is 0. The Morgan fingerprint density at radius 3 is 2.82 bits per heavy atom. The maximum Gasteiger partial charge on any atom is 0.193 e. The van der Waals surface area contributed by atoms with Crippen LogP contribution in [-0.4, -0.2) is 50.8 Å². The molecule has 4 nitrogen and oxygen atoms in total. The van der Waals surface area contributed by atoms with Crippen molar-refractivity contribution in [3.8, 4) is 0 Å². The van der Waals surface area contributed by atoms with Crippen LogP contribution < -0.4 is 5.32 Å². The normalized spacial score (nSPS) is 34.4. The number of ether oxygens (including phenoxy) is 1. The lowest BCUT2D eigenvalue weighted by Crippen LogP contribution is -2.41. The summed E-state index contributed by atoms with van der Waals surface area (Å²) in [6.07, 6.45) is 8.45. The van der Waals surface area contributed by atoms with Gasteiger partial charge in [-0.25, -0.2) is 0 Å². The van der Waals surface area contributed by atoms with Gasteiger partial charge in [-0.1, -0.05) is 6.42 Å². The zero-order chi connectivity index (χ0) is 15.4. The van der Waals surface area contributed by atoms with E-state index >= 15 is 0 Å². The van der Waals surface area contributed by atoms with E-state index in [1.165, 1.54) is 38.5 Å². The van der Waals surface area contributed by atoms with Crippen LogP contribution in [0, 0.1) is 23.7 Å². The lowest BCUT2D eigenvalue weighted by molar-refractivity contribution is 0.181. The second-order valence-corrected chi connectivity index (χ2v) is 7.57. The van der Waals surface area contributed by atoms with Crippen LogP contribution >= 0.6 is 0 Å². The molecule has 4 unspecified atom stereocenters. The molecular formula is C18H33N3O. The van der Waals surface area contributed by atoms with Gasteiger partial charge in [-0.15, -0.1) is 0 Å². The third kappa shape index (κ3) is 3.95. The predicted molar refractivity (Wildman–Crippen MR) is 91.1 cm³/mol. The van der Waals surface area contributed by atoms with Gasteiger partial charge in [0.05, 0.1) is 6.61 Å². The van der Waals surface area contributed by atoms with Gasteiger partial charge >= 0.3 is 0 Å². The summed E-state index contributed by atoms with van der Waals surface area (Å²) in [6.45, 7) is 6.98. The molecule has 0 amide bonds. The number of nitrogens with one attached hydrogen (secondary N) is 1. The molecule has 1 heterocycles. The minimum absolute atomic E-state index is 0.666. The van der Waals surface area contributed by atoms with Crippen molar-refractivity contribution in [2.75, 3.05) is 39.9 Å². The van der Waals surface area contributed by atoms with Crippen molar-refractivity contribution in [3.05, 3.63) is 0 Å². The van der Waals surface area contributed by atoms with E-state index in [-0.39, 0.29) is 0 Å². The number of fused-ring (bicyclic) bond motifs is 2. The second-order valence-electron chi connectivity index (χ2n) is 7.57. The first-order valence-electron chi connectivity index (χ1n) is 9.33. The average Bonchev–Trinajstić information content (AvgIpc) is 3.23. The smallest absolute Gasteiger partial charge is 0.193 e. The minimum atomic E-state index is 0.666. The molecule has 126 valence electrons. The van der Waals surface area contributed by atoms with E-state index in [9.17, 15) is 0 Å². The largest absolute Gasteiger partial charge is 0.381 e. The van der Waals surface area contributed by atoms with Crippen LogP contribution in [0.4, 0.5) is 0 Å². The molecule has 0 aromatic carbocycles. The molecule has 0 spiro atoms. The Bertz CT molecular complexity index is 379. The maximum absolute atomic E-state index is 5.49. The zero-order valence-corrected chi connectivity index (χ0v) is 14.4. The van der Waals surface area contributed by atoms with Crippen molar-refractivity contribution in [3.63, 3.8) is 0 Å². The summed E-state index contributed by atoms with van der Waals surface area (Å²) in [5.74, 6) is 4.78. The molecule has 3 rings (SSSR count). The molecule has 2 bridgehead atoms. The molecule has 0 aromatic heterocycles. The van der Waals surface area contributed by atoms with E-state index in [4.69, 9.17) is 9.73 Å². The zero-order valence-electron chi connectivity index (χ0n) is 14.4. The highest BCUT2D eigenvalue weighted by Gasteiger charge is 2.38. The third-order valence-corrected chi connectivity index (χ3v) is 5.90. The van der Waals surface area contributed by atoms with Crippen LogP contribution in [0.5, 0.6) is 0 Å². The van der Waals surface area contributed by atoms with E-state index in [2.05, 4.69) is 24.2 Å². The molecule has 2 saturated carbocycles. The fourth-order valence-electron chi connectivity index (χ4n) is 4.74. The van der Waals surface area contributed by atoms with Gasteiger partial charge in [0, 0.05) is 39.2 Å². The van der Waals surface area contributed by atoms with Gasteiger partial charge in [-0.2, -0.15) is 0 Å². The van der Waals surface area contributed by atoms with Crippen LogP contribution in [0.15, 0.2) is 4.99 Å². The number of aliphatic imine (C=N–C) groups is 1. The summed E-state index contributed by atoms with van der Waals surface area (Å²) in [5.41, 5.74) is 0. The average molecular weight is 307 g/mol. The monoisotopic (exact) mass is 307 g/mol. The lowest BCUT2D eigenvalue weighted by Gasteiger charge is -2.25. The van der Waals surface area contributed by atoms with E-state index in [0.29, 0.717) is 5.92 Å². The second kappa shape index (κ2) is 7.67. The lowest BCUT2D eigenvalue weighted by atomic mass is 9.86. The Morgan fingerprint density at radius 2 is 2.18 bits per heavy atom. The number of hydrogen-bond donors (Lipinski definition) is 1. The quantitative estimate of drug-likeness (QED) is 0.605. The molecule has 1 aliphatic heterocycles. The van der Waals surface area contributed by atoms with Crippen LogP contribution in [0.25, 0.3) is 0 Å².